The Bertz CT molecular complexity index is 136. The first-order chi connectivity index (χ1) is 4.18. The summed E-state index contributed by atoms with van der Waals surface area (Å²) in [6.45, 7) is 0. The van der Waals surface area contributed by atoms with E-state index in [0.717, 1.165) is 0 Å². The van der Waals surface area contributed by atoms with Crippen LogP contribution in [-0.4, -0.2) is 5.34 Å². The fourth-order valence-corrected chi connectivity index (χ4v) is 0.391. The van der Waals surface area contributed by atoms with Gasteiger partial charge in [-0.15, -0.1) is 0 Å². The van der Waals surface area contributed by atoms with Crippen LogP contribution >= 0.6 is 0 Å². The van der Waals surface area contributed by atoms with Gasteiger partial charge in [0.2, 0.25) is 5.95 Å². The van der Waals surface area contributed by atoms with Crippen molar-refractivity contribution in [2.45, 2.75) is 0 Å². The van der Waals surface area contributed by atoms with E-state index in [4.69, 9.17) is 0 Å². The molecule has 0 saturated heterocycles. The van der Waals surface area contributed by atoms with E-state index in [1.807, 2.05) is 0 Å². The first-order valence-electron chi connectivity index (χ1n) is 2.07. The van der Waals surface area contributed by atoms with Crippen molar-refractivity contribution in [3.8, 4) is 0 Å². The van der Waals surface area contributed by atoms with Gasteiger partial charge in [0.1, 0.15) is 0 Å². The molecule has 0 saturated carbocycles. The average Bonchev–Trinajstić information content (AvgIpc) is 1.59. The van der Waals surface area contributed by atoms with Crippen LogP contribution in [0.15, 0.2) is 12.0 Å². The fraction of sp³-hybridized carbons (Fsp3) is 0. The second-order valence-electron chi connectivity index (χ2n) is 1.34. The highest BCUT2D eigenvalue weighted by atomic mass is 19.2. The molecule has 0 amide bonds. The largest absolute Gasteiger partial charge is 0.253 e. The lowest BCUT2D eigenvalue weighted by atomic mass is 10.5. The summed E-state index contributed by atoms with van der Waals surface area (Å²) in [6, 6.07) is 0. The summed E-state index contributed by atoms with van der Waals surface area (Å²) >= 11 is 0. The maximum Gasteiger partial charge on any atom is 0.253 e. The molecule has 0 aromatic rings. The Labute approximate surface area is 49.0 Å². The van der Waals surface area contributed by atoms with Gasteiger partial charge in [0.15, 0.2) is 0 Å². The first-order valence-corrected chi connectivity index (χ1v) is 2.07. The highest BCUT2D eigenvalue weighted by molar-refractivity contribution is 5.05. The molecule has 0 aromatic heterocycles. The molecule has 6 heteroatoms. The smallest absolute Gasteiger partial charge is 0.253 e. The Hall–Kier alpha value is -0.750. The zero-order valence-corrected chi connectivity index (χ0v) is 4.16. The Morgan fingerprint density at radius 2 is 2.00 bits per heavy atom. The number of hydrogen-bond donors (Lipinski definition) is 2. The van der Waals surface area contributed by atoms with Crippen molar-refractivity contribution in [2.75, 3.05) is 0 Å². The Kier molecular flexibility index (Phi) is 1.58. The van der Waals surface area contributed by atoms with Crippen LogP contribution < -0.4 is 10.9 Å². The summed E-state index contributed by atoms with van der Waals surface area (Å²) < 4.78 is 35.5. The molecule has 9 heavy (non-hydrogen) atoms. The van der Waals surface area contributed by atoms with Gasteiger partial charge in [0.05, 0.1) is 0 Å². The molecule has 1 rings (SSSR count). The van der Waals surface area contributed by atoms with Crippen LogP contribution in [-0.2, 0) is 0 Å². The standard InChI is InChI=1S/C3H3F3N3/c4-2-1-3(5)8-9(6)7-2/h1,7-8H. The second kappa shape index (κ2) is 2.24. The van der Waals surface area contributed by atoms with Crippen molar-refractivity contribution >= 4 is 0 Å². The van der Waals surface area contributed by atoms with Gasteiger partial charge in [0, 0.05) is 11.4 Å². The van der Waals surface area contributed by atoms with Crippen molar-refractivity contribution in [3.63, 3.8) is 0 Å². The molecule has 0 fully saturated rings. The minimum absolute atomic E-state index is 0.426. The maximum atomic E-state index is 11.9. The minimum Gasteiger partial charge on any atom is -0.253 e. The van der Waals surface area contributed by atoms with Gasteiger partial charge in [-0.25, -0.2) is 4.39 Å². The lowest BCUT2D eigenvalue weighted by molar-refractivity contribution is -0.0929. The number of hydrazine groups is 2. The van der Waals surface area contributed by atoms with E-state index in [9.17, 15) is 13.3 Å². The highest BCUT2D eigenvalue weighted by Crippen LogP contribution is 2.09. The van der Waals surface area contributed by atoms with E-state index in [-0.39, 0.29) is 0 Å². The van der Waals surface area contributed by atoms with E-state index in [2.05, 4.69) is 0 Å². The predicted molar refractivity (Wildman–Crippen MR) is 22.8 cm³/mol. The van der Waals surface area contributed by atoms with Gasteiger partial charge in [-0.1, -0.05) is 4.48 Å². The van der Waals surface area contributed by atoms with Gasteiger partial charge in [-0.3, -0.25) is 5.43 Å². The summed E-state index contributed by atoms with van der Waals surface area (Å²) in [7, 11) is 0. The molecule has 1 heterocycles. The molecule has 1 radical (unpaired) electrons. The van der Waals surface area contributed by atoms with E-state index >= 15 is 0 Å². The Morgan fingerprint density at radius 3 is 2.44 bits per heavy atom. The van der Waals surface area contributed by atoms with Crippen LogP contribution in [0.5, 0.6) is 0 Å². The molecule has 0 bridgehead atoms. The summed E-state index contributed by atoms with van der Waals surface area (Å²) in [5.41, 5.74) is 3.00. The van der Waals surface area contributed by atoms with Gasteiger partial charge < -0.3 is 0 Å². The van der Waals surface area contributed by atoms with E-state index in [1.54, 1.807) is 0 Å². The van der Waals surface area contributed by atoms with E-state index < -0.39 is 17.6 Å². The summed E-state index contributed by atoms with van der Waals surface area (Å²) in [5, 5.41) is -0.426. The number of nitrogens with zero attached hydrogens (tertiary/aromatic N) is 1. The van der Waals surface area contributed by atoms with Gasteiger partial charge >= 0.3 is 0 Å². The van der Waals surface area contributed by atoms with Crippen molar-refractivity contribution in [1.29, 1.82) is 0 Å². The maximum absolute atomic E-state index is 11.9. The van der Waals surface area contributed by atoms with E-state index in [0.29, 0.717) is 6.08 Å². The zero-order valence-electron chi connectivity index (χ0n) is 4.16. The lowest BCUT2D eigenvalue weighted by Crippen LogP contribution is -2.44. The lowest BCUT2D eigenvalue weighted by Gasteiger charge is -2.18. The number of halogens is 3. The van der Waals surface area contributed by atoms with Crippen LogP contribution in [0.2, 0.25) is 0 Å². The van der Waals surface area contributed by atoms with Crippen molar-refractivity contribution in [2.24, 2.45) is 0 Å². The molecule has 2 N–H and O–H groups in total. The summed E-state index contributed by atoms with van der Waals surface area (Å²) in [4.78, 5) is 0. The van der Waals surface area contributed by atoms with Crippen LogP contribution in [0.25, 0.3) is 0 Å². The van der Waals surface area contributed by atoms with Crippen LogP contribution in [0.1, 0.15) is 0 Å². The molecular weight excluding hydrogens is 135 g/mol. The van der Waals surface area contributed by atoms with Gasteiger partial charge in [-0.05, 0) is 0 Å². The van der Waals surface area contributed by atoms with E-state index in [1.165, 1.54) is 10.9 Å². The van der Waals surface area contributed by atoms with Gasteiger partial charge in [0.25, 0.3) is 6.30 Å². The molecule has 1 aliphatic rings. The molecule has 0 aliphatic carbocycles. The van der Waals surface area contributed by atoms with Crippen LogP contribution in [0, 0.1) is 6.30 Å². The van der Waals surface area contributed by atoms with Crippen molar-refractivity contribution in [3.05, 3.63) is 18.3 Å². The SMILES string of the molecule is F[C]1C=C(F)NN(F)N1. The van der Waals surface area contributed by atoms with Crippen LogP contribution in [0.3, 0.4) is 0 Å². The summed E-state index contributed by atoms with van der Waals surface area (Å²) in [6.07, 6.45) is -0.607. The van der Waals surface area contributed by atoms with Crippen molar-refractivity contribution in [1.82, 2.24) is 16.2 Å². The third-order valence-electron chi connectivity index (χ3n) is 0.663. The highest BCUT2D eigenvalue weighted by Gasteiger charge is 2.18. The first kappa shape index (κ1) is 6.37. The molecule has 0 spiro atoms. The Balaban J connectivity index is 2.56. The number of rotatable bonds is 0. The quantitative estimate of drug-likeness (QED) is 0.376. The molecule has 3 nitrogen and oxygen atoms in total. The second-order valence-corrected chi connectivity index (χ2v) is 1.34. The van der Waals surface area contributed by atoms with Crippen molar-refractivity contribution < 1.29 is 13.3 Å². The molecular formula is C3H3F3N3. The molecule has 0 atom stereocenters. The predicted octanol–water partition coefficient (Wildman–Crippen LogP) is 0.466. The molecule has 0 aromatic carbocycles. The Morgan fingerprint density at radius 1 is 1.33 bits per heavy atom. The molecule has 1 aliphatic heterocycles. The monoisotopic (exact) mass is 138 g/mol. The molecule has 51 valence electrons. The topological polar surface area (TPSA) is 27.3 Å². The zero-order chi connectivity index (χ0) is 6.85. The third kappa shape index (κ3) is 1.58. The third-order valence-corrected chi connectivity index (χ3v) is 0.663. The van der Waals surface area contributed by atoms with Crippen LogP contribution in [0.4, 0.5) is 13.3 Å². The van der Waals surface area contributed by atoms with Gasteiger partial charge in [-0.2, -0.15) is 9.82 Å². The number of hydrogen-bond acceptors (Lipinski definition) is 3. The summed E-state index contributed by atoms with van der Waals surface area (Å²) in [5.74, 6) is -1.09. The minimum atomic E-state index is -1.09. The average molecular weight is 138 g/mol. The fourth-order valence-electron chi connectivity index (χ4n) is 0.391. The molecule has 0 unspecified atom stereocenters. The normalized spacial score (nSPS) is 23.2. The number of nitrogens with one attached hydrogen (secondary N) is 2.